The number of amides is 2. The molecule has 138 valence electrons. The van der Waals surface area contributed by atoms with Gasteiger partial charge in [0.2, 0.25) is 0 Å². The number of ether oxygens (including phenoxy) is 1. The number of carbonyl (C=O) groups excluding carboxylic acids is 2. The van der Waals surface area contributed by atoms with Crippen molar-refractivity contribution in [3.05, 3.63) is 28.8 Å². The van der Waals surface area contributed by atoms with Crippen LogP contribution in [0, 0.1) is 12.8 Å². The van der Waals surface area contributed by atoms with Crippen molar-refractivity contribution in [2.75, 3.05) is 45.2 Å². The van der Waals surface area contributed by atoms with Gasteiger partial charge in [0.1, 0.15) is 0 Å². The van der Waals surface area contributed by atoms with Gasteiger partial charge in [0.25, 0.3) is 0 Å². The standard InChI is InChI=1S/C18H26ClN3O3/c1-13-3-4-15(11-16(13)19)21-18(24)17(23)20-12-14-5-7-22(8-6-14)9-10-25-2/h3-4,11,14H,5-10,12H2,1-2H3,(H,20,23)(H,21,24). The molecule has 0 spiro atoms. The first-order chi connectivity index (χ1) is 12.0. The molecule has 1 aliphatic rings. The van der Waals surface area contributed by atoms with Crippen LogP contribution in [0.15, 0.2) is 18.2 Å². The number of rotatable bonds is 6. The van der Waals surface area contributed by atoms with Crippen LogP contribution in [0.25, 0.3) is 0 Å². The first kappa shape index (κ1) is 19.7. The maximum absolute atomic E-state index is 12.0. The molecular formula is C18H26ClN3O3. The molecular weight excluding hydrogens is 342 g/mol. The monoisotopic (exact) mass is 367 g/mol. The molecule has 1 heterocycles. The van der Waals surface area contributed by atoms with Gasteiger partial charge in [0.15, 0.2) is 0 Å². The fraction of sp³-hybridized carbons (Fsp3) is 0.556. The van der Waals surface area contributed by atoms with Crippen molar-refractivity contribution in [3.63, 3.8) is 0 Å². The van der Waals surface area contributed by atoms with Gasteiger partial charge in [-0.2, -0.15) is 0 Å². The first-order valence-electron chi connectivity index (χ1n) is 8.56. The molecule has 0 aliphatic carbocycles. The molecule has 7 heteroatoms. The van der Waals surface area contributed by atoms with Crippen LogP contribution in [0.1, 0.15) is 18.4 Å². The van der Waals surface area contributed by atoms with Crippen molar-refractivity contribution in [2.24, 2.45) is 5.92 Å². The number of piperidine rings is 1. The van der Waals surface area contributed by atoms with Gasteiger partial charge >= 0.3 is 11.8 Å². The predicted octanol–water partition coefficient (Wildman–Crippen LogP) is 2.06. The lowest BCUT2D eigenvalue weighted by Crippen LogP contribution is -2.42. The Bertz CT molecular complexity index is 601. The van der Waals surface area contributed by atoms with Gasteiger partial charge in [0, 0.05) is 30.9 Å². The highest BCUT2D eigenvalue weighted by atomic mass is 35.5. The Morgan fingerprint density at radius 3 is 2.64 bits per heavy atom. The topological polar surface area (TPSA) is 70.7 Å². The van der Waals surface area contributed by atoms with E-state index in [1.165, 1.54) is 0 Å². The van der Waals surface area contributed by atoms with Crippen LogP contribution in [0.3, 0.4) is 0 Å². The zero-order valence-corrected chi connectivity index (χ0v) is 15.6. The molecule has 2 amide bonds. The zero-order valence-electron chi connectivity index (χ0n) is 14.8. The van der Waals surface area contributed by atoms with Crippen molar-refractivity contribution < 1.29 is 14.3 Å². The number of nitrogens with zero attached hydrogens (tertiary/aromatic N) is 1. The lowest BCUT2D eigenvalue weighted by molar-refractivity contribution is -0.136. The van der Waals surface area contributed by atoms with Crippen LogP contribution in [-0.4, -0.2) is 56.6 Å². The lowest BCUT2D eigenvalue weighted by atomic mass is 9.97. The Labute approximate surface area is 153 Å². The number of aryl methyl sites for hydroxylation is 1. The largest absolute Gasteiger partial charge is 0.383 e. The van der Waals surface area contributed by atoms with Gasteiger partial charge in [-0.25, -0.2) is 0 Å². The van der Waals surface area contributed by atoms with Crippen LogP contribution in [0.5, 0.6) is 0 Å². The fourth-order valence-electron chi connectivity index (χ4n) is 2.81. The van der Waals surface area contributed by atoms with E-state index >= 15 is 0 Å². The molecule has 1 aromatic rings. The summed E-state index contributed by atoms with van der Waals surface area (Å²) in [6.45, 7) is 6.08. The van der Waals surface area contributed by atoms with E-state index < -0.39 is 11.8 Å². The van der Waals surface area contributed by atoms with E-state index in [4.69, 9.17) is 16.3 Å². The smallest absolute Gasteiger partial charge is 0.313 e. The quantitative estimate of drug-likeness (QED) is 0.755. The Morgan fingerprint density at radius 1 is 1.28 bits per heavy atom. The summed E-state index contributed by atoms with van der Waals surface area (Å²) in [7, 11) is 1.71. The predicted molar refractivity (Wildman–Crippen MR) is 98.9 cm³/mol. The molecule has 2 rings (SSSR count). The normalized spacial score (nSPS) is 15.8. The minimum Gasteiger partial charge on any atom is -0.383 e. The summed E-state index contributed by atoms with van der Waals surface area (Å²) in [5.74, 6) is -0.875. The van der Waals surface area contributed by atoms with Gasteiger partial charge in [-0.3, -0.25) is 9.59 Å². The summed E-state index contributed by atoms with van der Waals surface area (Å²) in [6, 6.07) is 5.16. The van der Waals surface area contributed by atoms with Crippen LogP contribution in [0.4, 0.5) is 5.69 Å². The summed E-state index contributed by atoms with van der Waals surface area (Å²) in [6.07, 6.45) is 2.03. The average Bonchev–Trinajstić information content (AvgIpc) is 2.61. The first-order valence-corrected chi connectivity index (χ1v) is 8.94. The maximum atomic E-state index is 12.0. The molecule has 1 aromatic carbocycles. The zero-order chi connectivity index (χ0) is 18.2. The number of likely N-dealkylation sites (tertiary alicyclic amines) is 1. The Balaban J connectivity index is 1.71. The van der Waals surface area contributed by atoms with E-state index in [1.807, 2.05) is 6.92 Å². The second-order valence-corrected chi connectivity index (χ2v) is 6.81. The summed E-state index contributed by atoms with van der Waals surface area (Å²) in [4.78, 5) is 26.3. The third-order valence-electron chi connectivity index (χ3n) is 4.51. The molecule has 1 saturated heterocycles. The molecule has 0 atom stereocenters. The van der Waals surface area contributed by atoms with Gasteiger partial charge in [-0.05, 0) is 56.5 Å². The van der Waals surface area contributed by atoms with E-state index in [0.29, 0.717) is 23.2 Å². The molecule has 1 aliphatic heterocycles. The molecule has 25 heavy (non-hydrogen) atoms. The maximum Gasteiger partial charge on any atom is 0.313 e. The van der Waals surface area contributed by atoms with Gasteiger partial charge in [-0.15, -0.1) is 0 Å². The number of nitrogens with one attached hydrogen (secondary N) is 2. The summed E-state index contributed by atoms with van der Waals surface area (Å²) in [5.41, 5.74) is 1.43. The summed E-state index contributed by atoms with van der Waals surface area (Å²) in [5, 5.41) is 5.85. The van der Waals surface area contributed by atoms with Crippen molar-refractivity contribution in [2.45, 2.75) is 19.8 Å². The molecule has 1 fully saturated rings. The highest BCUT2D eigenvalue weighted by Crippen LogP contribution is 2.20. The SMILES string of the molecule is COCCN1CCC(CNC(=O)C(=O)Nc2ccc(C)c(Cl)c2)CC1. The summed E-state index contributed by atoms with van der Waals surface area (Å²) >= 11 is 6.02. The highest BCUT2D eigenvalue weighted by Gasteiger charge is 2.21. The van der Waals surface area contributed by atoms with Crippen molar-refractivity contribution in [1.82, 2.24) is 10.2 Å². The van der Waals surface area contributed by atoms with Gasteiger partial charge in [0.05, 0.1) is 6.61 Å². The molecule has 0 bridgehead atoms. The second-order valence-electron chi connectivity index (χ2n) is 6.41. The third kappa shape index (κ3) is 6.30. The minimum atomic E-state index is -0.669. The van der Waals surface area contributed by atoms with Gasteiger partial charge in [-0.1, -0.05) is 17.7 Å². The number of benzene rings is 1. The number of hydrogen-bond acceptors (Lipinski definition) is 4. The number of carbonyl (C=O) groups is 2. The Hall–Kier alpha value is -1.63. The number of anilines is 1. The number of hydrogen-bond donors (Lipinski definition) is 2. The molecule has 0 unspecified atom stereocenters. The number of halogens is 1. The van der Waals surface area contributed by atoms with E-state index in [2.05, 4.69) is 15.5 Å². The lowest BCUT2D eigenvalue weighted by Gasteiger charge is -2.31. The molecule has 0 aromatic heterocycles. The Morgan fingerprint density at radius 2 is 2.00 bits per heavy atom. The summed E-state index contributed by atoms with van der Waals surface area (Å²) < 4.78 is 5.09. The molecule has 0 saturated carbocycles. The van der Waals surface area contributed by atoms with Crippen molar-refractivity contribution >= 4 is 29.1 Å². The fourth-order valence-corrected chi connectivity index (χ4v) is 2.99. The van der Waals surface area contributed by atoms with E-state index in [9.17, 15) is 9.59 Å². The van der Waals surface area contributed by atoms with Crippen LogP contribution in [-0.2, 0) is 14.3 Å². The molecule has 6 nitrogen and oxygen atoms in total. The van der Waals surface area contributed by atoms with E-state index in [1.54, 1.807) is 25.3 Å². The molecule has 2 N–H and O–H groups in total. The van der Waals surface area contributed by atoms with E-state index in [-0.39, 0.29) is 0 Å². The van der Waals surface area contributed by atoms with Crippen molar-refractivity contribution in [1.29, 1.82) is 0 Å². The highest BCUT2D eigenvalue weighted by molar-refractivity contribution is 6.39. The average molecular weight is 368 g/mol. The van der Waals surface area contributed by atoms with Gasteiger partial charge < -0.3 is 20.3 Å². The van der Waals surface area contributed by atoms with Crippen LogP contribution >= 0.6 is 11.6 Å². The second kappa shape index (κ2) is 9.75. The number of methoxy groups -OCH3 is 1. The van der Waals surface area contributed by atoms with Crippen LogP contribution in [0.2, 0.25) is 5.02 Å². The Kier molecular flexibility index (Phi) is 7.68. The minimum absolute atomic E-state index is 0.407. The molecule has 0 radical (unpaired) electrons. The third-order valence-corrected chi connectivity index (χ3v) is 4.91. The van der Waals surface area contributed by atoms with Crippen LogP contribution < -0.4 is 10.6 Å². The van der Waals surface area contributed by atoms with E-state index in [0.717, 1.165) is 44.6 Å². The van der Waals surface area contributed by atoms with Crippen molar-refractivity contribution in [3.8, 4) is 0 Å².